The van der Waals surface area contributed by atoms with Crippen LogP contribution < -0.4 is 20.7 Å². The van der Waals surface area contributed by atoms with Crippen molar-refractivity contribution in [2.24, 2.45) is 7.05 Å². The first-order valence-electron chi connectivity index (χ1n) is 10.1. The molecule has 5 rings (SSSR count). The Morgan fingerprint density at radius 1 is 0.967 bits per heavy atom. The first-order valence-corrected chi connectivity index (χ1v) is 10.1. The van der Waals surface area contributed by atoms with Gasteiger partial charge in [-0.15, -0.1) is 0 Å². The number of nitrogens with zero attached hydrogens (tertiary/aromatic N) is 4. The predicted octanol–water partition coefficient (Wildman–Crippen LogP) is 1.69. The van der Waals surface area contributed by atoms with Crippen molar-refractivity contribution < 1.29 is 4.57 Å². The molecule has 0 radical (unpaired) electrons. The molecule has 3 heterocycles. The molecule has 0 saturated heterocycles. The summed E-state index contributed by atoms with van der Waals surface area (Å²) in [6.07, 6.45) is 0. The van der Waals surface area contributed by atoms with E-state index in [0.717, 1.165) is 30.2 Å². The van der Waals surface area contributed by atoms with Crippen molar-refractivity contribution in [1.29, 1.82) is 0 Å². The number of benzene rings is 2. The van der Waals surface area contributed by atoms with Crippen LogP contribution in [0.15, 0.2) is 64.2 Å². The van der Waals surface area contributed by atoms with E-state index in [4.69, 9.17) is 0 Å². The lowest BCUT2D eigenvalue weighted by Gasteiger charge is -2.09. The third-order valence-corrected chi connectivity index (χ3v) is 5.85. The Morgan fingerprint density at radius 3 is 2.40 bits per heavy atom. The van der Waals surface area contributed by atoms with Crippen LogP contribution in [-0.4, -0.2) is 20.7 Å². The first kappa shape index (κ1) is 18.4. The normalized spacial score (nSPS) is 13.2. The highest BCUT2D eigenvalue weighted by Crippen LogP contribution is 2.19. The Hall–Kier alpha value is -3.61. The molecule has 1 aliphatic heterocycles. The van der Waals surface area contributed by atoms with Gasteiger partial charge >= 0.3 is 11.6 Å². The fraction of sp³-hybridized carbons (Fsp3) is 0.261. The maximum Gasteiger partial charge on any atom is 0.360 e. The molecule has 7 heteroatoms. The number of nitrogens with one attached hydrogen (secondary N) is 1. The summed E-state index contributed by atoms with van der Waals surface area (Å²) in [7, 11) is 1.71. The molecule has 0 spiro atoms. The first-order chi connectivity index (χ1) is 14.5. The summed E-state index contributed by atoms with van der Waals surface area (Å²) in [6.45, 7) is 4.55. The molecule has 0 amide bonds. The van der Waals surface area contributed by atoms with Crippen LogP contribution in [0.25, 0.3) is 11.2 Å². The van der Waals surface area contributed by atoms with Crippen LogP contribution in [0.5, 0.6) is 0 Å². The van der Waals surface area contributed by atoms with Crippen LogP contribution in [0.1, 0.15) is 16.7 Å². The number of rotatable bonds is 4. The number of H-pyrrole nitrogens is 1. The van der Waals surface area contributed by atoms with Gasteiger partial charge in [0.15, 0.2) is 0 Å². The number of anilines is 1. The molecular formula is C23H24N5O2+. The molecule has 1 N–H and O–H groups in total. The Kier molecular flexibility index (Phi) is 4.31. The van der Waals surface area contributed by atoms with Gasteiger partial charge in [-0.05, 0) is 18.1 Å². The number of aromatic amines is 1. The monoisotopic (exact) mass is 402 g/mol. The van der Waals surface area contributed by atoms with E-state index in [1.54, 1.807) is 7.05 Å². The second-order valence-electron chi connectivity index (χ2n) is 7.92. The maximum absolute atomic E-state index is 13.3. The van der Waals surface area contributed by atoms with E-state index >= 15 is 0 Å². The van der Waals surface area contributed by atoms with Crippen molar-refractivity contribution in [2.75, 3.05) is 11.4 Å². The number of aromatic nitrogens is 4. The summed E-state index contributed by atoms with van der Waals surface area (Å²) in [6, 6.07) is 18.1. The highest BCUT2D eigenvalue weighted by atomic mass is 16.2. The topological polar surface area (TPSA) is 66.9 Å². The molecule has 2 aromatic heterocycles. The second-order valence-corrected chi connectivity index (χ2v) is 7.92. The Labute approximate surface area is 173 Å². The van der Waals surface area contributed by atoms with Crippen LogP contribution in [0.2, 0.25) is 0 Å². The summed E-state index contributed by atoms with van der Waals surface area (Å²) in [4.78, 5) is 31.9. The molecular weight excluding hydrogens is 378 g/mol. The van der Waals surface area contributed by atoms with Gasteiger partial charge in [0.25, 0.3) is 5.56 Å². The van der Waals surface area contributed by atoms with E-state index in [2.05, 4.69) is 22.0 Å². The zero-order chi connectivity index (χ0) is 20.8. The maximum atomic E-state index is 13.3. The van der Waals surface area contributed by atoms with Gasteiger partial charge < -0.3 is 0 Å². The van der Waals surface area contributed by atoms with Gasteiger partial charge in [-0.2, -0.15) is 0 Å². The molecule has 0 unspecified atom stereocenters. The van der Waals surface area contributed by atoms with Crippen LogP contribution >= 0.6 is 0 Å². The van der Waals surface area contributed by atoms with Crippen molar-refractivity contribution in [1.82, 2.24) is 14.1 Å². The largest absolute Gasteiger partial charge is 0.360 e. The van der Waals surface area contributed by atoms with Crippen molar-refractivity contribution in [3.63, 3.8) is 0 Å². The minimum atomic E-state index is -0.316. The standard InChI is InChI=1S/C23H23N5O2/c1-16-8-10-18(11-9-16)15-28-21(29)19-20(25(2)23(28)30)24-22-26(12-13-27(19)22)14-17-6-4-3-5-7-17/h3-11H,12-15H2,1-2H3/p+1. The number of imidazole rings is 1. The van der Waals surface area contributed by atoms with E-state index in [1.165, 1.54) is 14.7 Å². The predicted molar refractivity (Wildman–Crippen MR) is 116 cm³/mol. The average molecular weight is 402 g/mol. The number of hydrogen-bond acceptors (Lipinski definition) is 3. The van der Waals surface area contributed by atoms with E-state index in [9.17, 15) is 9.59 Å². The molecule has 0 bridgehead atoms. The summed E-state index contributed by atoms with van der Waals surface area (Å²) in [5, 5.41) is 0. The van der Waals surface area contributed by atoms with E-state index < -0.39 is 0 Å². The third kappa shape index (κ3) is 2.94. The van der Waals surface area contributed by atoms with E-state index in [-0.39, 0.29) is 17.8 Å². The molecule has 0 saturated carbocycles. The smallest absolute Gasteiger partial charge is 0.267 e. The highest BCUT2D eigenvalue weighted by molar-refractivity contribution is 5.68. The van der Waals surface area contributed by atoms with Gasteiger partial charge in [-0.3, -0.25) is 18.8 Å². The summed E-state index contributed by atoms with van der Waals surface area (Å²) in [5.41, 5.74) is 3.83. The molecule has 4 aromatic rings. The van der Waals surface area contributed by atoms with Crippen LogP contribution in [0, 0.1) is 6.92 Å². The molecule has 0 fully saturated rings. The lowest BCUT2D eigenvalue weighted by Crippen LogP contribution is -2.44. The highest BCUT2D eigenvalue weighted by Gasteiger charge is 2.34. The summed E-state index contributed by atoms with van der Waals surface area (Å²) in [5.74, 6) is 0.869. The van der Waals surface area contributed by atoms with Gasteiger partial charge in [0.2, 0.25) is 11.2 Å². The quantitative estimate of drug-likeness (QED) is 0.529. The van der Waals surface area contributed by atoms with Crippen LogP contribution in [0.3, 0.4) is 0 Å². The van der Waals surface area contributed by atoms with Crippen molar-refractivity contribution in [3.8, 4) is 0 Å². The van der Waals surface area contributed by atoms with E-state index in [1.807, 2.05) is 54.0 Å². The van der Waals surface area contributed by atoms with Gasteiger partial charge in [-0.25, -0.2) is 14.3 Å². The van der Waals surface area contributed by atoms with Gasteiger partial charge in [0, 0.05) is 7.05 Å². The van der Waals surface area contributed by atoms with Crippen molar-refractivity contribution >= 4 is 17.1 Å². The van der Waals surface area contributed by atoms with Gasteiger partial charge in [-0.1, -0.05) is 60.2 Å². The Balaban J connectivity index is 1.60. The number of aryl methyl sites for hydroxylation is 2. The van der Waals surface area contributed by atoms with Crippen molar-refractivity contribution in [3.05, 3.63) is 92.1 Å². The van der Waals surface area contributed by atoms with Crippen LogP contribution in [-0.2, 0) is 26.7 Å². The molecule has 0 atom stereocenters. The molecule has 152 valence electrons. The van der Waals surface area contributed by atoms with Crippen molar-refractivity contribution in [2.45, 2.75) is 26.6 Å². The van der Waals surface area contributed by atoms with Gasteiger partial charge in [0.1, 0.15) is 6.54 Å². The zero-order valence-corrected chi connectivity index (χ0v) is 17.1. The zero-order valence-electron chi connectivity index (χ0n) is 17.1. The average Bonchev–Trinajstić information content (AvgIpc) is 3.32. The number of fused-ring (bicyclic) bond motifs is 3. The van der Waals surface area contributed by atoms with Crippen LogP contribution in [0.4, 0.5) is 5.95 Å². The lowest BCUT2D eigenvalue weighted by atomic mass is 10.1. The molecule has 0 aliphatic carbocycles. The minimum absolute atomic E-state index is 0.252. The Morgan fingerprint density at radius 2 is 1.67 bits per heavy atom. The second kappa shape index (κ2) is 7.02. The minimum Gasteiger partial charge on any atom is -0.267 e. The summed E-state index contributed by atoms with van der Waals surface area (Å²) < 4.78 is 4.87. The summed E-state index contributed by atoms with van der Waals surface area (Å²) >= 11 is 0. The Bertz CT molecular complexity index is 1350. The SMILES string of the molecule is Cc1ccc(Cn2c(=O)c3c([nH]c4[n+]3CCN4Cc3ccccc3)n(C)c2=O)cc1. The fourth-order valence-corrected chi connectivity index (χ4v) is 4.18. The molecule has 1 aliphatic rings. The third-order valence-electron chi connectivity index (χ3n) is 5.85. The molecule has 7 nitrogen and oxygen atoms in total. The molecule has 30 heavy (non-hydrogen) atoms. The lowest BCUT2D eigenvalue weighted by molar-refractivity contribution is -0.644. The fourth-order valence-electron chi connectivity index (χ4n) is 4.18. The van der Waals surface area contributed by atoms with Gasteiger partial charge in [0.05, 0.1) is 19.6 Å². The van der Waals surface area contributed by atoms with E-state index in [0.29, 0.717) is 17.7 Å². The molecule has 2 aromatic carbocycles. The number of hydrogen-bond donors (Lipinski definition) is 1.